The SMILES string of the molecule is COc1ccc(SCC(=O)O[C@H](C)C(=O)Nc2ccc(NC(C)=O)cc2)cc1. The van der Waals surface area contributed by atoms with Gasteiger partial charge in [-0.2, -0.15) is 0 Å². The third-order valence-electron chi connectivity index (χ3n) is 3.57. The number of ether oxygens (including phenoxy) is 2. The van der Waals surface area contributed by atoms with Crippen LogP contribution in [0.25, 0.3) is 0 Å². The van der Waals surface area contributed by atoms with E-state index in [0.717, 1.165) is 10.6 Å². The minimum atomic E-state index is -0.931. The molecule has 7 nitrogen and oxygen atoms in total. The fraction of sp³-hybridized carbons (Fsp3) is 0.250. The van der Waals surface area contributed by atoms with Crippen LogP contribution >= 0.6 is 11.8 Å². The number of esters is 1. The maximum atomic E-state index is 12.2. The molecule has 0 saturated heterocycles. The number of anilines is 2. The lowest BCUT2D eigenvalue weighted by Crippen LogP contribution is -2.30. The number of hydrogen-bond donors (Lipinski definition) is 2. The minimum absolute atomic E-state index is 0.0926. The highest BCUT2D eigenvalue weighted by Gasteiger charge is 2.18. The first-order chi connectivity index (χ1) is 13.4. The first kappa shape index (κ1) is 21.3. The van der Waals surface area contributed by atoms with E-state index in [9.17, 15) is 14.4 Å². The van der Waals surface area contributed by atoms with Gasteiger partial charge in [0.25, 0.3) is 5.91 Å². The second-order valence-electron chi connectivity index (χ2n) is 5.84. The van der Waals surface area contributed by atoms with Crippen molar-refractivity contribution in [1.82, 2.24) is 0 Å². The Kier molecular flexibility index (Phi) is 7.88. The van der Waals surface area contributed by atoms with Crippen LogP contribution in [0.1, 0.15) is 13.8 Å². The third-order valence-corrected chi connectivity index (χ3v) is 4.55. The van der Waals surface area contributed by atoms with Crippen molar-refractivity contribution >= 4 is 40.9 Å². The number of methoxy groups -OCH3 is 1. The summed E-state index contributed by atoms with van der Waals surface area (Å²) >= 11 is 1.32. The number of carbonyl (C=O) groups excluding carboxylic acids is 3. The van der Waals surface area contributed by atoms with Crippen molar-refractivity contribution in [1.29, 1.82) is 0 Å². The van der Waals surface area contributed by atoms with Gasteiger partial charge in [0.15, 0.2) is 6.10 Å². The lowest BCUT2D eigenvalue weighted by molar-refractivity contribution is -0.150. The van der Waals surface area contributed by atoms with Crippen LogP contribution < -0.4 is 15.4 Å². The Morgan fingerprint density at radius 3 is 2.07 bits per heavy atom. The highest BCUT2D eigenvalue weighted by Crippen LogP contribution is 2.21. The molecule has 0 aliphatic rings. The standard InChI is InChI=1S/C20H22N2O5S/c1-13(20(25)22-16-6-4-15(5-7-16)21-14(2)23)27-19(24)12-28-18-10-8-17(26-3)9-11-18/h4-11,13H,12H2,1-3H3,(H,21,23)(H,22,25)/t13-/m1/s1. The van der Waals surface area contributed by atoms with E-state index >= 15 is 0 Å². The molecule has 0 radical (unpaired) electrons. The number of carbonyl (C=O) groups is 3. The van der Waals surface area contributed by atoms with Crippen molar-refractivity contribution in [3.05, 3.63) is 48.5 Å². The number of nitrogens with one attached hydrogen (secondary N) is 2. The molecule has 0 fully saturated rings. The summed E-state index contributed by atoms with van der Waals surface area (Å²) in [5.74, 6) is -0.262. The van der Waals surface area contributed by atoms with E-state index in [0.29, 0.717) is 11.4 Å². The molecule has 0 aromatic heterocycles. The Morgan fingerprint density at radius 1 is 0.964 bits per heavy atom. The maximum Gasteiger partial charge on any atom is 0.317 e. The van der Waals surface area contributed by atoms with Gasteiger partial charge in [0.1, 0.15) is 5.75 Å². The second kappa shape index (κ2) is 10.4. The maximum absolute atomic E-state index is 12.2. The van der Waals surface area contributed by atoms with Crippen LogP contribution in [0.15, 0.2) is 53.4 Å². The van der Waals surface area contributed by atoms with E-state index in [4.69, 9.17) is 9.47 Å². The molecule has 0 aliphatic heterocycles. The van der Waals surface area contributed by atoms with Crippen molar-refractivity contribution in [2.24, 2.45) is 0 Å². The van der Waals surface area contributed by atoms with Crippen LogP contribution in [0, 0.1) is 0 Å². The largest absolute Gasteiger partial charge is 0.497 e. The molecular formula is C20H22N2O5S. The smallest absolute Gasteiger partial charge is 0.317 e. The Labute approximate surface area is 167 Å². The molecule has 148 valence electrons. The molecule has 0 aliphatic carbocycles. The first-order valence-electron chi connectivity index (χ1n) is 8.52. The molecule has 1 atom stereocenters. The fourth-order valence-corrected chi connectivity index (χ4v) is 2.86. The summed E-state index contributed by atoms with van der Waals surface area (Å²) in [5, 5.41) is 5.30. The summed E-state index contributed by atoms with van der Waals surface area (Å²) in [5.41, 5.74) is 1.16. The predicted octanol–water partition coefficient (Wildman–Crippen LogP) is 3.32. The predicted molar refractivity (Wildman–Crippen MR) is 109 cm³/mol. The van der Waals surface area contributed by atoms with Gasteiger partial charge in [-0.15, -0.1) is 11.8 Å². The van der Waals surface area contributed by atoms with E-state index in [1.165, 1.54) is 25.6 Å². The van der Waals surface area contributed by atoms with E-state index in [-0.39, 0.29) is 11.7 Å². The van der Waals surface area contributed by atoms with Gasteiger partial charge >= 0.3 is 5.97 Å². The zero-order valence-corrected chi connectivity index (χ0v) is 16.7. The van der Waals surface area contributed by atoms with Crippen LogP contribution in [-0.4, -0.2) is 36.8 Å². The fourth-order valence-electron chi connectivity index (χ4n) is 2.18. The zero-order valence-electron chi connectivity index (χ0n) is 15.9. The molecule has 28 heavy (non-hydrogen) atoms. The van der Waals surface area contributed by atoms with Crippen molar-refractivity contribution in [3.8, 4) is 5.75 Å². The number of amides is 2. The zero-order chi connectivity index (χ0) is 20.5. The van der Waals surface area contributed by atoms with Crippen molar-refractivity contribution in [3.63, 3.8) is 0 Å². The highest BCUT2D eigenvalue weighted by molar-refractivity contribution is 8.00. The monoisotopic (exact) mass is 402 g/mol. The van der Waals surface area contributed by atoms with Gasteiger partial charge in [0.2, 0.25) is 5.91 Å². The molecule has 0 saturated carbocycles. The van der Waals surface area contributed by atoms with Crippen LogP contribution in [0.5, 0.6) is 5.75 Å². The van der Waals surface area contributed by atoms with Gasteiger partial charge in [-0.05, 0) is 55.5 Å². The molecule has 2 aromatic rings. The first-order valence-corrected chi connectivity index (χ1v) is 9.51. The summed E-state index contributed by atoms with van der Waals surface area (Å²) < 4.78 is 10.3. The molecule has 0 spiro atoms. The summed E-state index contributed by atoms with van der Waals surface area (Å²) in [4.78, 5) is 36.0. The van der Waals surface area contributed by atoms with E-state index in [1.54, 1.807) is 43.5 Å². The number of hydrogen-bond acceptors (Lipinski definition) is 6. The van der Waals surface area contributed by atoms with Crippen molar-refractivity contribution < 1.29 is 23.9 Å². The van der Waals surface area contributed by atoms with Crippen LogP contribution in [-0.2, 0) is 19.1 Å². The Hall–Kier alpha value is -3.00. The van der Waals surface area contributed by atoms with Crippen LogP contribution in [0.2, 0.25) is 0 Å². The molecule has 2 amide bonds. The highest BCUT2D eigenvalue weighted by atomic mass is 32.2. The quantitative estimate of drug-likeness (QED) is 0.520. The molecule has 2 rings (SSSR count). The summed E-state index contributed by atoms with van der Waals surface area (Å²) in [7, 11) is 1.59. The molecule has 2 N–H and O–H groups in total. The van der Waals surface area contributed by atoms with Crippen LogP contribution in [0.4, 0.5) is 11.4 Å². The topological polar surface area (TPSA) is 93.7 Å². The molecule has 0 heterocycles. The Morgan fingerprint density at radius 2 is 1.54 bits per heavy atom. The van der Waals surface area contributed by atoms with Crippen molar-refractivity contribution in [2.45, 2.75) is 24.8 Å². The average Bonchev–Trinajstić information content (AvgIpc) is 2.67. The van der Waals surface area contributed by atoms with Gasteiger partial charge in [-0.25, -0.2) is 0 Å². The lowest BCUT2D eigenvalue weighted by atomic mass is 10.2. The van der Waals surface area contributed by atoms with E-state index in [1.807, 2.05) is 12.1 Å². The van der Waals surface area contributed by atoms with E-state index < -0.39 is 18.0 Å². The normalized spacial score (nSPS) is 11.2. The van der Waals surface area contributed by atoms with Gasteiger partial charge in [0.05, 0.1) is 12.9 Å². The number of benzene rings is 2. The summed E-state index contributed by atoms with van der Waals surface area (Å²) in [6.45, 7) is 2.93. The Balaban J connectivity index is 1.78. The summed E-state index contributed by atoms with van der Waals surface area (Å²) in [6.07, 6.45) is -0.931. The Bertz CT molecular complexity index is 821. The van der Waals surface area contributed by atoms with Gasteiger partial charge < -0.3 is 20.1 Å². The van der Waals surface area contributed by atoms with Gasteiger partial charge in [0, 0.05) is 23.2 Å². The van der Waals surface area contributed by atoms with Gasteiger partial charge in [-0.1, -0.05) is 0 Å². The second-order valence-corrected chi connectivity index (χ2v) is 6.89. The molecule has 0 unspecified atom stereocenters. The van der Waals surface area contributed by atoms with Crippen LogP contribution in [0.3, 0.4) is 0 Å². The molecule has 8 heteroatoms. The van der Waals surface area contributed by atoms with E-state index in [2.05, 4.69) is 10.6 Å². The molecule has 2 aromatic carbocycles. The molecule has 0 bridgehead atoms. The number of rotatable bonds is 8. The molecular weight excluding hydrogens is 380 g/mol. The minimum Gasteiger partial charge on any atom is -0.497 e. The van der Waals surface area contributed by atoms with Gasteiger partial charge in [-0.3, -0.25) is 14.4 Å². The third kappa shape index (κ3) is 6.96. The average molecular weight is 402 g/mol. The van der Waals surface area contributed by atoms with Crippen molar-refractivity contribution in [2.75, 3.05) is 23.5 Å². The summed E-state index contributed by atoms with van der Waals surface area (Å²) in [6, 6.07) is 13.9. The lowest BCUT2D eigenvalue weighted by Gasteiger charge is -2.14. The number of thioether (sulfide) groups is 1.